The van der Waals surface area contributed by atoms with Crippen LogP contribution in [0.4, 0.5) is 0 Å². The number of aliphatic carboxylic acids is 1. The third kappa shape index (κ3) is 4.87. The number of hydrogen-bond donors (Lipinski definition) is 1. The average Bonchev–Trinajstić information content (AvgIpc) is 3.06. The molecule has 1 heterocycles. The molecule has 3 heteroatoms. The second-order valence-electron chi connectivity index (χ2n) is 5.27. The Labute approximate surface area is 158 Å². The van der Waals surface area contributed by atoms with Crippen LogP contribution in [-0.4, -0.2) is 15.6 Å². The van der Waals surface area contributed by atoms with E-state index in [4.69, 9.17) is 0 Å². The van der Waals surface area contributed by atoms with E-state index in [1.165, 1.54) is 10.8 Å². The van der Waals surface area contributed by atoms with Crippen molar-refractivity contribution >= 4 is 27.8 Å². The van der Waals surface area contributed by atoms with Gasteiger partial charge < -0.3 is 9.67 Å². The zero-order chi connectivity index (χ0) is 20.3. The third-order valence-electron chi connectivity index (χ3n) is 4.14. The molecule has 0 radical (unpaired) electrons. The molecule has 0 fully saturated rings. The van der Waals surface area contributed by atoms with Gasteiger partial charge in [-0.1, -0.05) is 77.9 Å². The minimum atomic E-state index is -0.764. The summed E-state index contributed by atoms with van der Waals surface area (Å²) in [6.07, 6.45) is 0. The lowest BCUT2D eigenvalue weighted by Crippen LogP contribution is -2.21. The zero-order valence-corrected chi connectivity index (χ0v) is 17.6. The Morgan fingerprint density at radius 1 is 0.769 bits per heavy atom. The van der Waals surface area contributed by atoms with Crippen LogP contribution >= 0.6 is 0 Å². The van der Waals surface area contributed by atoms with Gasteiger partial charge >= 0.3 is 5.97 Å². The van der Waals surface area contributed by atoms with Crippen molar-refractivity contribution in [3.63, 3.8) is 0 Å². The Hall–Kier alpha value is -2.29. The van der Waals surface area contributed by atoms with E-state index in [0.29, 0.717) is 0 Å². The van der Waals surface area contributed by atoms with Gasteiger partial charge in [0.1, 0.15) is 0 Å². The summed E-state index contributed by atoms with van der Waals surface area (Å²) in [5.74, 6) is -1.20. The largest absolute Gasteiger partial charge is 0.481 e. The molecule has 0 spiro atoms. The SMILES string of the molecule is CC.CC.CC.CC(C(=O)O)C(C)n1c2ccccc2c2ccccc21. The standard InChI is InChI=1S/C17H17NO2.3C2H6/c1-11(17(19)20)12(2)18-15-9-5-3-7-13(15)14-8-4-6-10-16(14)18;3*1-2/h3-12H,1-2H3,(H,19,20);3*1-2H3. The molecule has 2 unspecified atom stereocenters. The Morgan fingerprint density at radius 2 is 1.12 bits per heavy atom. The van der Waals surface area contributed by atoms with E-state index in [1.807, 2.05) is 72.7 Å². The van der Waals surface area contributed by atoms with Crippen LogP contribution in [0.1, 0.15) is 61.4 Å². The fraction of sp³-hybridized carbons (Fsp3) is 0.435. The van der Waals surface area contributed by atoms with Gasteiger partial charge in [0, 0.05) is 27.8 Å². The Balaban J connectivity index is 0.000000948. The minimum absolute atomic E-state index is 0.0997. The topological polar surface area (TPSA) is 42.2 Å². The van der Waals surface area contributed by atoms with Crippen LogP contribution in [0.25, 0.3) is 21.8 Å². The summed E-state index contributed by atoms with van der Waals surface area (Å²) in [6.45, 7) is 15.7. The van der Waals surface area contributed by atoms with Gasteiger partial charge in [0.15, 0.2) is 0 Å². The van der Waals surface area contributed by atoms with Crippen molar-refractivity contribution in [2.75, 3.05) is 0 Å². The van der Waals surface area contributed by atoms with Crippen molar-refractivity contribution in [2.45, 2.75) is 61.4 Å². The number of benzene rings is 2. The van der Waals surface area contributed by atoms with E-state index in [0.717, 1.165) is 11.0 Å². The number of carboxylic acid groups (broad SMARTS) is 1. The van der Waals surface area contributed by atoms with Crippen molar-refractivity contribution in [1.82, 2.24) is 4.57 Å². The van der Waals surface area contributed by atoms with Crippen LogP contribution in [0, 0.1) is 5.92 Å². The summed E-state index contributed by atoms with van der Waals surface area (Å²) in [4.78, 5) is 11.3. The highest BCUT2D eigenvalue weighted by Gasteiger charge is 2.24. The van der Waals surface area contributed by atoms with E-state index < -0.39 is 11.9 Å². The Morgan fingerprint density at radius 3 is 1.46 bits per heavy atom. The normalized spacial score (nSPS) is 11.8. The molecule has 0 saturated carbocycles. The first-order valence-corrected chi connectivity index (χ1v) is 9.81. The van der Waals surface area contributed by atoms with Gasteiger partial charge in [0.2, 0.25) is 0 Å². The second-order valence-corrected chi connectivity index (χ2v) is 5.27. The van der Waals surface area contributed by atoms with Gasteiger partial charge in [-0.15, -0.1) is 0 Å². The number of rotatable bonds is 3. The lowest BCUT2D eigenvalue weighted by molar-refractivity contribution is -0.142. The molecule has 0 aliphatic carbocycles. The Kier molecular flexibility index (Phi) is 11.1. The van der Waals surface area contributed by atoms with Crippen LogP contribution in [-0.2, 0) is 4.79 Å². The third-order valence-corrected chi connectivity index (χ3v) is 4.14. The highest BCUT2D eigenvalue weighted by molar-refractivity contribution is 6.08. The molecular weight excluding hydrogens is 322 g/mol. The molecule has 0 amide bonds. The maximum atomic E-state index is 11.3. The molecule has 0 aliphatic rings. The van der Waals surface area contributed by atoms with Crippen molar-refractivity contribution < 1.29 is 9.90 Å². The summed E-state index contributed by atoms with van der Waals surface area (Å²) >= 11 is 0. The van der Waals surface area contributed by atoms with Gasteiger partial charge in [-0.25, -0.2) is 0 Å². The number of aromatic nitrogens is 1. The first-order valence-electron chi connectivity index (χ1n) is 9.81. The number of nitrogens with zero attached hydrogens (tertiary/aromatic N) is 1. The van der Waals surface area contributed by atoms with E-state index in [9.17, 15) is 9.90 Å². The monoisotopic (exact) mass is 357 g/mol. The molecule has 2 atom stereocenters. The van der Waals surface area contributed by atoms with E-state index in [1.54, 1.807) is 6.92 Å². The maximum Gasteiger partial charge on any atom is 0.308 e. The number of carbonyl (C=O) groups is 1. The number of hydrogen-bond acceptors (Lipinski definition) is 1. The first-order chi connectivity index (χ1) is 12.6. The molecule has 0 bridgehead atoms. The minimum Gasteiger partial charge on any atom is -0.481 e. The molecule has 144 valence electrons. The molecule has 2 aromatic carbocycles. The van der Waals surface area contributed by atoms with Gasteiger partial charge in [-0.05, 0) is 26.0 Å². The van der Waals surface area contributed by atoms with Crippen LogP contribution in [0.3, 0.4) is 0 Å². The van der Waals surface area contributed by atoms with Gasteiger partial charge in [-0.3, -0.25) is 4.79 Å². The predicted octanol–water partition coefficient (Wildman–Crippen LogP) is 7.15. The van der Waals surface area contributed by atoms with E-state index >= 15 is 0 Å². The molecule has 26 heavy (non-hydrogen) atoms. The maximum absolute atomic E-state index is 11.3. The lowest BCUT2D eigenvalue weighted by atomic mass is 10.0. The zero-order valence-electron chi connectivity index (χ0n) is 17.6. The molecule has 3 rings (SSSR count). The number of fused-ring (bicyclic) bond motifs is 3. The first kappa shape index (κ1) is 23.7. The van der Waals surface area contributed by atoms with E-state index in [-0.39, 0.29) is 6.04 Å². The molecule has 0 saturated heterocycles. The lowest BCUT2D eigenvalue weighted by Gasteiger charge is -2.20. The van der Waals surface area contributed by atoms with Crippen LogP contribution in [0.5, 0.6) is 0 Å². The number of carboxylic acids is 1. The summed E-state index contributed by atoms with van der Waals surface area (Å²) in [6, 6.07) is 16.2. The molecule has 1 aromatic heterocycles. The second kappa shape index (κ2) is 12.1. The highest BCUT2D eigenvalue weighted by atomic mass is 16.4. The van der Waals surface area contributed by atoms with Crippen molar-refractivity contribution in [3.05, 3.63) is 48.5 Å². The fourth-order valence-electron chi connectivity index (χ4n) is 2.82. The van der Waals surface area contributed by atoms with Crippen LogP contribution < -0.4 is 0 Å². The molecule has 3 aromatic rings. The van der Waals surface area contributed by atoms with Crippen LogP contribution in [0.15, 0.2) is 48.5 Å². The summed E-state index contributed by atoms with van der Waals surface area (Å²) in [7, 11) is 0. The van der Waals surface area contributed by atoms with Crippen molar-refractivity contribution in [3.8, 4) is 0 Å². The molecule has 1 N–H and O–H groups in total. The highest BCUT2D eigenvalue weighted by Crippen LogP contribution is 2.33. The Bertz CT molecular complexity index is 736. The predicted molar refractivity (Wildman–Crippen MR) is 115 cm³/mol. The molecular formula is C23H35NO2. The van der Waals surface area contributed by atoms with Crippen LogP contribution in [0.2, 0.25) is 0 Å². The van der Waals surface area contributed by atoms with Gasteiger partial charge in [0.05, 0.1) is 5.92 Å². The summed E-state index contributed by atoms with van der Waals surface area (Å²) < 4.78 is 2.14. The molecule has 0 aliphatic heterocycles. The van der Waals surface area contributed by atoms with E-state index in [2.05, 4.69) is 28.8 Å². The average molecular weight is 358 g/mol. The summed E-state index contributed by atoms with van der Waals surface area (Å²) in [5, 5.41) is 11.6. The van der Waals surface area contributed by atoms with Crippen molar-refractivity contribution in [1.29, 1.82) is 0 Å². The van der Waals surface area contributed by atoms with Crippen molar-refractivity contribution in [2.24, 2.45) is 5.92 Å². The fourth-order valence-corrected chi connectivity index (χ4v) is 2.82. The van der Waals surface area contributed by atoms with Gasteiger partial charge in [0.25, 0.3) is 0 Å². The summed E-state index contributed by atoms with van der Waals surface area (Å²) in [5.41, 5.74) is 2.18. The smallest absolute Gasteiger partial charge is 0.308 e. The quantitative estimate of drug-likeness (QED) is 0.540. The molecule has 3 nitrogen and oxygen atoms in total. The number of para-hydroxylation sites is 2. The van der Waals surface area contributed by atoms with Gasteiger partial charge in [-0.2, -0.15) is 0 Å².